The monoisotopic (exact) mass is 664 g/mol. The van der Waals surface area contributed by atoms with Crippen molar-refractivity contribution in [1.82, 2.24) is 0 Å². The fourth-order valence-corrected chi connectivity index (χ4v) is 31.8. The first kappa shape index (κ1) is 33.5. The third-order valence-corrected chi connectivity index (χ3v) is 35.6. The maximum atomic E-state index is 5.81. The number of hydrogen-bond acceptors (Lipinski definition) is 0. The molecular formula is C45H60Zn. The number of aryl methyl sites for hydroxylation is 1. The molecule has 1 unspecified atom stereocenters. The first-order valence-electron chi connectivity index (χ1n) is 18.9. The number of allylic oxidation sites excluding steroid dienone is 4. The predicted octanol–water partition coefficient (Wildman–Crippen LogP) is 11.4. The molecule has 0 N–H and O–H groups in total. The second-order valence-electron chi connectivity index (χ2n) is 19.2. The summed E-state index contributed by atoms with van der Waals surface area (Å²) in [5, 5.41) is 6.93. The van der Waals surface area contributed by atoms with Gasteiger partial charge in [0.25, 0.3) is 0 Å². The van der Waals surface area contributed by atoms with Gasteiger partial charge in [0.05, 0.1) is 0 Å². The average Bonchev–Trinajstić information content (AvgIpc) is 3.56. The van der Waals surface area contributed by atoms with Crippen LogP contribution in [0, 0.1) is 25.2 Å². The molecule has 0 radical (unpaired) electrons. The van der Waals surface area contributed by atoms with Gasteiger partial charge in [-0.1, -0.05) is 0 Å². The second-order valence-corrected chi connectivity index (χ2v) is 36.2. The van der Waals surface area contributed by atoms with Crippen molar-refractivity contribution in [2.45, 2.75) is 131 Å². The van der Waals surface area contributed by atoms with E-state index in [0.717, 1.165) is 11.4 Å². The van der Waals surface area contributed by atoms with Gasteiger partial charge >= 0.3 is 283 Å². The van der Waals surface area contributed by atoms with E-state index in [4.69, 9.17) is 5.11 Å². The summed E-state index contributed by atoms with van der Waals surface area (Å²) < 4.78 is 4.92. The Bertz CT molecular complexity index is 1820. The van der Waals surface area contributed by atoms with Crippen LogP contribution in [-0.2, 0) is 30.4 Å². The van der Waals surface area contributed by atoms with Crippen LogP contribution in [0.3, 0.4) is 0 Å². The summed E-state index contributed by atoms with van der Waals surface area (Å²) in [5.74, 6) is 0.410. The van der Waals surface area contributed by atoms with E-state index in [-0.39, 0.29) is 16.2 Å². The molecule has 0 heterocycles. The normalized spacial score (nSPS) is 19.3. The van der Waals surface area contributed by atoms with E-state index < -0.39 is 13.1 Å². The van der Waals surface area contributed by atoms with Crippen LogP contribution >= 0.6 is 0 Å². The van der Waals surface area contributed by atoms with Gasteiger partial charge in [-0.25, -0.2) is 0 Å². The fraction of sp³-hybridized carbons (Fsp3) is 0.489. The number of benzene rings is 3. The molecule has 0 aromatic heterocycles. The molecule has 3 aliphatic rings. The molecular weight excluding hydrogens is 606 g/mol. The standard InChI is InChI=1S/C23H29.C13H19.C6H5.C2H5.CH2.Zn/c1-14-9-16-11-17-10-15(2)21(23(6,7)8)13-19(17)18(16)12-20(14)22(3,4)5;1-11-6-7-12(10-11)13(2)8-4-3-5-9-13;1-2-4-6-5-3-1;1-2;;/h9,12-13H,11H2,1-8H3;7,10-11H,3-5,8-9H2,1-2H3;1-5H;1H2,2H3;1H2;. The Hall–Kier alpha value is -2.37. The molecule has 0 nitrogen and oxygen atoms in total. The van der Waals surface area contributed by atoms with Gasteiger partial charge in [-0.15, -0.1) is 0 Å². The molecule has 0 saturated heterocycles. The third-order valence-electron chi connectivity index (χ3n) is 14.3. The van der Waals surface area contributed by atoms with E-state index in [2.05, 4.69) is 137 Å². The number of hydrogen-bond donors (Lipinski definition) is 0. The van der Waals surface area contributed by atoms with Gasteiger partial charge in [0.15, 0.2) is 0 Å². The summed E-state index contributed by atoms with van der Waals surface area (Å²) in [5.41, 5.74) is 14.0. The van der Waals surface area contributed by atoms with Crippen LogP contribution < -0.4 is 8.32 Å². The number of fused-ring (bicyclic) bond motifs is 3. The van der Waals surface area contributed by atoms with E-state index >= 15 is 0 Å². The van der Waals surface area contributed by atoms with Crippen molar-refractivity contribution in [2.75, 3.05) is 0 Å². The molecule has 1 atom stereocenters. The van der Waals surface area contributed by atoms with Gasteiger partial charge in [0.2, 0.25) is 0 Å². The molecule has 3 aromatic rings. The zero-order chi connectivity index (χ0) is 33.5. The summed E-state index contributed by atoms with van der Waals surface area (Å²) in [7, 11) is 0. The topological polar surface area (TPSA) is 0 Å². The van der Waals surface area contributed by atoms with E-state index in [1.165, 1.54) is 71.0 Å². The molecule has 1 saturated carbocycles. The van der Waals surface area contributed by atoms with E-state index in [1.54, 1.807) is 23.6 Å². The van der Waals surface area contributed by atoms with Crippen LogP contribution in [-0.4, -0.2) is 5.11 Å². The molecule has 1 heteroatoms. The molecule has 6 rings (SSSR count). The molecule has 3 aliphatic carbocycles. The van der Waals surface area contributed by atoms with Crippen molar-refractivity contribution < 1.29 is 13.1 Å². The first-order chi connectivity index (χ1) is 21.4. The van der Waals surface area contributed by atoms with Crippen molar-refractivity contribution in [3.05, 3.63) is 104 Å². The first-order valence-corrected chi connectivity index (χ1v) is 27.5. The molecule has 0 bridgehead atoms. The van der Waals surface area contributed by atoms with Crippen LogP contribution in [0.4, 0.5) is 0 Å². The molecule has 0 spiro atoms. The molecule has 1 fully saturated rings. The molecule has 3 aromatic carbocycles. The average molecular weight is 666 g/mol. The van der Waals surface area contributed by atoms with E-state index in [1.807, 2.05) is 0 Å². The Morgan fingerprint density at radius 3 is 2.04 bits per heavy atom. The quantitative estimate of drug-likeness (QED) is 0.186. The summed E-state index contributed by atoms with van der Waals surface area (Å²) in [4.78, 5) is 0. The summed E-state index contributed by atoms with van der Waals surface area (Å²) >= 11 is -4.64. The van der Waals surface area contributed by atoms with Gasteiger partial charge in [0, 0.05) is 0 Å². The Morgan fingerprint density at radius 2 is 1.46 bits per heavy atom. The van der Waals surface area contributed by atoms with Crippen molar-refractivity contribution in [3.63, 3.8) is 0 Å². The molecule has 46 heavy (non-hydrogen) atoms. The van der Waals surface area contributed by atoms with Crippen LogP contribution in [0.2, 0.25) is 5.02 Å². The van der Waals surface area contributed by atoms with Crippen LogP contribution in [0.1, 0.15) is 128 Å². The second kappa shape index (κ2) is 11.1. The minimum atomic E-state index is -4.64. The van der Waals surface area contributed by atoms with Crippen LogP contribution in [0.25, 0.3) is 11.1 Å². The predicted molar refractivity (Wildman–Crippen MR) is 201 cm³/mol. The summed E-state index contributed by atoms with van der Waals surface area (Å²) in [6.07, 6.45) is 13.2. The van der Waals surface area contributed by atoms with Crippen molar-refractivity contribution in [2.24, 2.45) is 11.3 Å². The zero-order valence-corrected chi connectivity index (χ0v) is 34.2. The van der Waals surface area contributed by atoms with Crippen molar-refractivity contribution >= 4 is 13.4 Å². The summed E-state index contributed by atoms with van der Waals surface area (Å²) in [6, 6.07) is 19.4. The van der Waals surface area contributed by atoms with E-state index in [0.29, 0.717) is 5.92 Å². The summed E-state index contributed by atoms with van der Waals surface area (Å²) in [6.45, 7) is 26.7. The van der Waals surface area contributed by atoms with Gasteiger partial charge in [-0.2, -0.15) is 0 Å². The number of rotatable bonds is 5. The fourth-order valence-electron chi connectivity index (χ4n) is 11.7. The van der Waals surface area contributed by atoms with Crippen LogP contribution in [0.5, 0.6) is 0 Å². The molecule has 242 valence electrons. The Balaban J connectivity index is 1.73. The van der Waals surface area contributed by atoms with Crippen LogP contribution in [0.15, 0.2) is 70.4 Å². The molecule has 0 amide bonds. The van der Waals surface area contributed by atoms with Gasteiger partial charge in [0.1, 0.15) is 0 Å². The van der Waals surface area contributed by atoms with Crippen molar-refractivity contribution in [3.8, 4) is 11.1 Å². The van der Waals surface area contributed by atoms with Gasteiger partial charge in [-0.3, -0.25) is 0 Å². The maximum absolute atomic E-state index is 5.81. The Kier molecular flexibility index (Phi) is 8.08. The van der Waals surface area contributed by atoms with Gasteiger partial charge < -0.3 is 0 Å². The van der Waals surface area contributed by atoms with E-state index in [9.17, 15) is 0 Å². The van der Waals surface area contributed by atoms with Crippen molar-refractivity contribution in [1.29, 1.82) is 0 Å². The zero-order valence-electron chi connectivity index (χ0n) is 31.2. The Labute approximate surface area is 282 Å². The SMILES string of the molecule is [CH2]=[Zn]([CH2]C)([C]1=CC(C2(C)CCCCC2)=CC1C)([c]1ccccc1)[c]1c(C)c(C(C)(C)C)cc2c1Cc1cc(C)c(C(C)(C)C)cc1-2. The third kappa shape index (κ3) is 4.97. The van der Waals surface area contributed by atoms with Gasteiger partial charge in [-0.05, 0) is 0 Å². The Morgan fingerprint density at radius 1 is 0.848 bits per heavy atom. The molecule has 0 aliphatic heterocycles. The minimum absolute atomic E-state index is 0.0301.